The van der Waals surface area contributed by atoms with Gasteiger partial charge in [0.15, 0.2) is 0 Å². The van der Waals surface area contributed by atoms with Gasteiger partial charge in [-0.3, -0.25) is 9.59 Å². The lowest BCUT2D eigenvalue weighted by atomic mass is 9.77. The molecule has 0 radical (unpaired) electrons. The summed E-state index contributed by atoms with van der Waals surface area (Å²) in [6, 6.07) is 3.81. The summed E-state index contributed by atoms with van der Waals surface area (Å²) in [7, 11) is -0.754. The monoisotopic (exact) mass is 295 g/mol. The number of nitrogens with one attached hydrogen (secondary N) is 1. The van der Waals surface area contributed by atoms with Crippen molar-refractivity contribution in [2.75, 3.05) is 13.2 Å². The highest BCUT2D eigenvalue weighted by molar-refractivity contribution is 7.10. The predicted octanol–water partition coefficient (Wildman–Crippen LogP) is 0.165. The summed E-state index contributed by atoms with van der Waals surface area (Å²) in [4.78, 5) is 24.4. The molecule has 1 N–H and O–H groups in total. The summed E-state index contributed by atoms with van der Waals surface area (Å²) in [5.74, 6) is -0.907. The van der Waals surface area contributed by atoms with Crippen LogP contribution in [0.15, 0.2) is 17.5 Å². The Labute approximate surface area is 120 Å². The van der Waals surface area contributed by atoms with Gasteiger partial charge < -0.3 is 19.4 Å². The molecule has 0 aromatic carbocycles. The SMILES string of the molecule is O=C(Cc1cccs1)N[C@H]1COCC2CC(=O)OB1O2. The van der Waals surface area contributed by atoms with Gasteiger partial charge in [-0.2, -0.15) is 0 Å². The van der Waals surface area contributed by atoms with Crippen LogP contribution >= 0.6 is 11.3 Å². The van der Waals surface area contributed by atoms with Gasteiger partial charge in [0.05, 0.1) is 32.2 Å². The summed E-state index contributed by atoms with van der Waals surface area (Å²) < 4.78 is 16.2. The molecule has 1 aromatic heterocycles. The lowest BCUT2D eigenvalue weighted by molar-refractivity contribution is -0.143. The molecule has 2 atom stereocenters. The molecule has 8 heteroatoms. The Hall–Kier alpha value is -1.38. The average Bonchev–Trinajstić information content (AvgIpc) is 2.85. The lowest BCUT2D eigenvalue weighted by Crippen LogP contribution is -2.54. The highest BCUT2D eigenvalue weighted by Gasteiger charge is 2.44. The number of hydrogen-bond donors (Lipinski definition) is 1. The number of rotatable bonds is 3. The quantitative estimate of drug-likeness (QED) is 0.804. The maximum atomic E-state index is 12.0. The second-order valence-electron chi connectivity index (χ2n) is 4.79. The van der Waals surface area contributed by atoms with Crippen LogP contribution in [0.5, 0.6) is 0 Å². The van der Waals surface area contributed by atoms with E-state index in [0.717, 1.165) is 4.88 Å². The second kappa shape index (κ2) is 5.95. The van der Waals surface area contributed by atoms with E-state index in [1.54, 1.807) is 0 Å². The normalized spacial score (nSPS) is 25.8. The fraction of sp³-hybridized carbons (Fsp3) is 0.500. The Morgan fingerprint density at radius 1 is 1.50 bits per heavy atom. The molecule has 1 unspecified atom stereocenters. The van der Waals surface area contributed by atoms with E-state index in [1.807, 2.05) is 17.5 Å². The molecule has 2 aliphatic rings. The first kappa shape index (κ1) is 13.6. The molecule has 2 bridgehead atoms. The van der Waals surface area contributed by atoms with Crippen molar-refractivity contribution >= 4 is 30.3 Å². The van der Waals surface area contributed by atoms with Gasteiger partial charge in [0.2, 0.25) is 5.91 Å². The van der Waals surface area contributed by atoms with Crippen LogP contribution in [0.25, 0.3) is 0 Å². The highest BCUT2D eigenvalue weighted by atomic mass is 32.1. The Kier molecular flexibility index (Phi) is 4.04. The van der Waals surface area contributed by atoms with Gasteiger partial charge in [0.25, 0.3) is 5.97 Å². The molecule has 0 aliphatic carbocycles. The van der Waals surface area contributed by atoms with E-state index in [0.29, 0.717) is 13.0 Å². The van der Waals surface area contributed by atoms with E-state index in [1.165, 1.54) is 11.3 Å². The van der Waals surface area contributed by atoms with Crippen molar-refractivity contribution in [1.82, 2.24) is 5.32 Å². The molecule has 6 nitrogen and oxygen atoms in total. The van der Waals surface area contributed by atoms with Crippen molar-refractivity contribution in [3.8, 4) is 0 Å². The zero-order valence-corrected chi connectivity index (χ0v) is 11.6. The molecule has 2 fully saturated rings. The van der Waals surface area contributed by atoms with Crippen LogP contribution in [-0.2, 0) is 30.1 Å². The van der Waals surface area contributed by atoms with Crippen LogP contribution in [0.4, 0.5) is 0 Å². The van der Waals surface area contributed by atoms with Gasteiger partial charge in [-0.15, -0.1) is 11.3 Å². The minimum Gasteiger partial charge on any atom is -0.508 e. The van der Waals surface area contributed by atoms with Crippen LogP contribution in [0.2, 0.25) is 0 Å². The van der Waals surface area contributed by atoms with Gasteiger partial charge in [0.1, 0.15) is 5.94 Å². The molecule has 3 heterocycles. The number of hydrogen-bond acceptors (Lipinski definition) is 6. The van der Waals surface area contributed by atoms with Gasteiger partial charge >= 0.3 is 7.12 Å². The minimum atomic E-state index is -0.754. The Morgan fingerprint density at radius 3 is 3.20 bits per heavy atom. The molecule has 2 saturated heterocycles. The Balaban J connectivity index is 1.60. The fourth-order valence-corrected chi connectivity index (χ4v) is 2.95. The molecule has 1 aromatic rings. The van der Waals surface area contributed by atoms with Gasteiger partial charge in [-0.1, -0.05) is 6.07 Å². The summed E-state index contributed by atoms with van der Waals surface area (Å²) in [5, 5.41) is 4.74. The highest BCUT2D eigenvalue weighted by Crippen LogP contribution is 2.18. The third kappa shape index (κ3) is 3.20. The maximum Gasteiger partial charge on any atom is 0.554 e. The van der Waals surface area contributed by atoms with Crippen LogP contribution in [0.1, 0.15) is 11.3 Å². The van der Waals surface area contributed by atoms with Crippen LogP contribution < -0.4 is 5.32 Å². The molecule has 0 spiro atoms. The van der Waals surface area contributed by atoms with Crippen LogP contribution in [-0.4, -0.2) is 44.3 Å². The van der Waals surface area contributed by atoms with Gasteiger partial charge in [-0.25, -0.2) is 0 Å². The summed E-state index contributed by atoms with van der Waals surface area (Å²) >= 11 is 1.53. The van der Waals surface area contributed by atoms with E-state index < -0.39 is 13.1 Å². The predicted molar refractivity (Wildman–Crippen MR) is 72.1 cm³/mol. The first-order valence-corrected chi connectivity index (χ1v) is 7.33. The van der Waals surface area contributed by atoms with Crippen molar-refractivity contribution in [2.45, 2.75) is 24.9 Å². The van der Waals surface area contributed by atoms with E-state index in [-0.39, 0.29) is 31.0 Å². The fourth-order valence-electron chi connectivity index (χ4n) is 2.25. The average molecular weight is 295 g/mol. The first-order chi connectivity index (χ1) is 9.70. The van der Waals surface area contributed by atoms with E-state index >= 15 is 0 Å². The van der Waals surface area contributed by atoms with Crippen molar-refractivity contribution in [1.29, 1.82) is 0 Å². The number of ether oxygens (including phenoxy) is 1. The number of carbonyl (C=O) groups excluding carboxylic acids is 2. The molecule has 20 heavy (non-hydrogen) atoms. The van der Waals surface area contributed by atoms with E-state index in [4.69, 9.17) is 14.0 Å². The largest absolute Gasteiger partial charge is 0.554 e. The Bertz CT molecular complexity index is 494. The van der Waals surface area contributed by atoms with Gasteiger partial charge in [-0.05, 0) is 11.4 Å². The number of carbonyl (C=O) groups is 2. The van der Waals surface area contributed by atoms with Crippen molar-refractivity contribution in [2.24, 2.45) is 0 Å². The van der Waals surface area contributed by atoms with E-state index in [9.17, 15) is 9.59 Å². The van der Waals surface area contributed by atoms with E-state index in [2.05, 4.69) is 5.32 Å². The summed E-state index contributed by atoms with van der Waals surface area (Å²) in [5.41, 5.74) is 0. The van der Waals surface area contributed by atoms with Crippen molar-refractivity contribution in [3.63, 3.8) is 0 Å². The summed E-state index contributed by atoms with van der Waals surface area (Å²) in [6.07, 6.45) is 0.227. The molecular weight excluding hydrogens is 281 g/mol. The van der Waals surface area contributed by atoms with Crippen molar-refractivity contribution < 1.29 is 23.6 Å². The topological polar surface area (TPSA) is 73.9 Å². The molecule has 106 valence electrons. The molecule has 3 rings (SSSR count). The molecule has 1 amide bonds. The zero-order chi connectivity index (χ0) is 13.9. The third-order valence-electron chi connectivity index (χ3n) is 3.16. The standard InChI is InChI=1S/C12H14BNO5S/c15-11(5-9-2-1-3-20-9)14-10-7-17-6-8-4-12(16)19-13(10)18-8/h1-3,8,10H,4-7H2,(H,14,15)/t8?,10-/m0/s1. The lowest BCUT2D eigenvalue weighted by Gasteiger charge is -2.27. The third-order valence-corrected chi connectivity index (χ3v) is 4.04. The maximum absolute atomic E-state index is 12.0. The number of fused-ring (bicyclic) bond motifs is 2. The smallest absolute Gasteiger partial charge is 0.508 e. The number of amides is 1. The number of thiophene rings is 1. The Morgan fingerprint density at radius 2 is 2.40 bits per heavy atom. The second-order valence-corrected chi connectivity index (χ2v) is 5.82. The summed E-state index contributed by atoms with van der Waals surface area (Å²) in [6.45, 7) is 0.632. The molecule has 0 saturated carbocycles. The first-order valence-electron chi connectivity index (χ1n) is 6.45. The van der Waals surface area contributed by atoms with Crippen molar-refractivity contribution in [3.05, 3.63) is 22.4 Å². The van der Waals surface area contributed by atoms with Gasteiger partial charge in [0, 0.05) is 4.88 Å². The van der Waals surface area contributed by atoms with Crippen LogP contribution in [0.3, 0.4) is 0 Å². The zero-order valence-electron chi connectivity index (χ0n) is 10.7. The van der Waals surface area contributed by atoms with Crippen LogP contribution in [0, 0.1) is 0 Å². The molecule has 2 aliphatic heterocycles. The molecular formula is C12H14BNO5S. The minimum absolute atomic E-state index is 0.135.